The zero-order chi connectivity index (χ0) is 25.6. The Morgan fingerprint density at radius 3 is 2.18 bits per heavy atom. The second-order valence-electron chi connectivity index (χ2n) is 6.73. The first-order chi connectivity index (χ1) is 16.1. The number of sulfone groups is 1. The molecule has 1 atom stereocenters. The number of pyridine rings is 1. The minimum absolute atomic E-state index is 0.0989. The highest BCUT2D eigenvalue weighted by atomic mass is 32.2. The van der Waals surface area contributed by atoms with Gasteiger partial charge in [0.25, 0.3) is 5.91 Å². The predicted molar refractivity (Wildman–Crippen MR) is 117 cm³/mol. The van der Waals surface area contributed by atoms with Crippen LogP contribution in [-0.2, 0) is 9.84 Å². The number of aliphatic hydroxyl groups excluding tert-OH is 1. The normalized spacial score (nSPS) is 11.9. The molecule has 0 aliphatic carbocycles. The second-order valence-corrected chi connectivity index (χ2v) is 8.76. The van der Waals surface area contributed by atoms with Gasteiger partial charge in [-0.05, 0) is 60.5 Å². The summed E-state index contributed by atoms with van der Waals surface area (Å²) in [5.41, 5.74) is -1.40. The highest BCUT2D eigenvalue weighted by Crippen LogP contribution is 2.39. The number of carbonyl (C=O) groups is 1. The van der Waals surface area contributed by atoms with Gasteiger partial charge in [0.15, 0.2) is 21.5 Å². The lowest BCUT2D eigenvalue weighted by molar-refractivity contribution is 0.0905. The van der Waals surface area contributed by atoms with Crippen molar-refractivity contribution in [2.45, 2.75) is 30.9 Å². The first-order valence-electron chi connectivity index (χ1n) is 10.1. The molecule has 2 N–H and O–H groups in total. The fraction of sp³-hybridized carbons (Fsp3) is 0.217. The van der Waals surface area contributed by atoms with Crippen molar-refractivity contribution in [2.24, 2.45) is 0 Å². The fourth-order valence-electron chi connectivity index (χ4n) is 3.15. The number of benzene rings is 2. The van der Waals surface area contributed by atoms with Gasteiger partial charge in [0.1, 0.15) is 29.3 Å². The lowest BCUT2D eigenvalue weighted by atomic mass is 10.00. The minimum Gasteiger partial charge on any atom is -0.376 e. The van der Waals surface area contributed by atoms with Crippen molar-refractivity contribution < 1.29 is 35.9 Å². The molecule has 1 amide bonds. The van der Waals surface area contributed by atoms with Crippen LogP contribution in [0.15, 0.2) is 53.6 Å². The molecule has 182 valence electrons. The molecule has 2 aromatic carbocycles. The smallest absolute Gasteiger partial charge is 0.271 e. The number of nitrogens with one attached hydrogen (secondary N) is 1. The number of hydrogen-bond donors (Lipinski definition) is 2. The zero-order valence-corrected chi connectivity index (χ0v) is 19.3. The molecule has 0 aliphatic heterocycles. The van der Waals surface area contributed by atoms with E-state index in [0.29, 0.717) is 12.1 Å². The predicted octanol–water partition coefficient (Wildman–Crippen LogP) is 4.22. The second kappa shape index (κ2) is 11.2. The lowest BCUT2D eigenvalue weighted by Gasteiger charge is -2.22. The highest BCUT2D eigenvalue weighted by Gasteiger charge is 2.37. The summed E-state index contributed by atoms with van der Waals surface area (Å²) in [6.07, 6.45) is 0.928. The van der Waals surface area contributed by atoms with Crippen LogP contribution in [0.4, 0.5) is 17.6 Å². The molecule has 11 heteroatoms. The van der Waals surface area contributed by atoms with Crippen molar-refractivity contribution in [2.75, 3.05) is 6.73 Å². The molecule has 0 aliphatic rings. The summed E-state index contributed by atoms with van der Waals surface area (Å²) in [6.45, 7) is 4.69. The summed E-state index contributed by atoms with van der Waals surface area (Å²) in [6, 6.07) is 5.81. The number of carbonyl (C=O) groups excluding carboxylic acids is 1. The number of aliphatic hydroxyl groups is 1. The number of rotatable bonds is 6. The first kappa shape index (κ1) is 26.9. The number of amides is 1. The van der Waals surface area contributed by atoms with Crippen LogP contribution in [0.1, 0.15) is 46.3 Å². The first-order valence-corrected chi connectivity index (χ1v) is 11.6. The Morgan fingerprint density at radius 2 is 1.62 bits per heavy atom. The van der Waals surface area contributed by atoms with Gasteiger partial charge in [-0.1, -0.05) is 13.8 Å². The number of aromatic nitrogens is 1. The third kappa shape index (κ3) is 5.42. The van der Waals surface area contributed by atoms with Crippen molar-refractivity contribution in [3.05, 3.63) is 94.3 Å². The van der Waals surface area contributed by atoms with Crippen LogP contribution in [-0.4, -0.2) is 31.1 Å². The molecule has 0 saturated carbocycles. The molecule has 0 fully saturated rings. The number of halogens is 4. The van der Waals surface area contributed by atoms with Gasteiger partial charge in [-0.2, -0.15) is 0 Å². The van der Waals surface area contributed by atoms with Crippen LogP contribution >= 0.6 is 0 Å². The molecule has 34 heavy (non-hydrogen) atoms. The van der Waals surface area contributed by atoms with Gasteiger partial charge in [-0.15, -0.1) is 0 Å². The fourth-order valence-corrected chi connectivity index (χ4v) is 5.04. The zero-order valence-electron chi connectivity index (χ0n) is 18.4. The average molecular weight is 498 g/mol. The average Bonchev–Trinajstić information content (AvgIpc) is 2.81. The van der Waals surface area contributed by atoms with E-state index >= 15 is 0 Å². The Balaban J connectivity index is 0.00000199. The van der Waals surface area contributed by atoms with Crippen molar-refractivity contribution >= 4 is 15.7 Å². The third-order valence-electron chi connectivity index (χ3n) is 4.70. The van der Waals surface area contributed by atoms with Gasteiger partial charge in [-0.25, -0.2) is 26.0 Å². The topological polar surface area (TPSA) is 96.4 Å². The number of hydrogen-bond acceptors (Lipinski definition) is 5. The van der Waals surface area contributed by atoms with Crippen molar-refractivity contribution in [3.63, 3.8) is 0 Å². The van der Waals surface area contributed by atoms with Crippen LogP contribution in [0, 0.1) is 30.2 Å². The van der Waals surface area contributed by atoms with Crippen LogP contribution < -0.4 is 5.32 Å². The Hall–Kier alpha value is -3.31. The van der Waals surface area contributed by atoms with Crippen LogP contribution in [0.5, 0.6) is 0 Å². The Labute approximate surface area is 194 Å². The monoisotopic (exact) mass is 498 g/mol. The maximum atomic E-state index is 14.7. The molecule has 1 heterocycles. The van der Waals surface area contributed by atoms with Gasteiger partial charge in [0.05, 0.1) is 4.90 Å². The van der Waals surface area contributed by atoms with E-state index in [9.17, 15) is 30.8 Å². The Kier molecular flexibility index (Phi) is 8.88. The molecule has 0 radical (unpaired) electrons. The molecule has 1 aromatic heterocycles. The van der Waals surface area contributed by atoms with E-state index in [4.69, 9.17) is 5.11 Å². The molecule has 1 unspecified atom stereocenters. The molecule has 6 nitrogen and oxygen atoms in total. The molecule has 0 spiro atoms. The van der Waals surface area contributed by atoms with E-state index in [1.54, 1.807) is 0 Å². The van der Waals surface area contributed by atoms with Gasteiger partial charge in [0.2, 0.25) is 0 Å². The van der Waals surface area contributed by atoms with Gasteiger partial charge in [0, 0.05) is 11.8 Å². The Bertz CT molecular complexity index is 1280. The summed E-state index contributed by atoms with van der Waals surface area (Å²) >= 11 is 0. The van der Waals surface area contributed by atoms with E-state index in [-0.39, 0.29) is 16.8 Å². The summed E-state index contributed by atoms with van der Waals surface area (Å²) in [5.74, 6) is -6.00. The maximum absolute atomic E-state index is 14.7. The third-order valence-corrected chi connectivity index (χ3v) is 6.74. The molecule has 0 bridgehead atoms. The maximum Gasteiger partial charge on any atom is 0.271 e. The molecular formula is C23H22F4N2O4S. The number of aryl methyl sites for hydroxylation is 1. The van der Waals surface area contributed by atoms with Crippen LogP contribution in [0.3, 0.4) is 0 Å². The van der Waals surface area contributed by atoms with Gasteiger partial charge in [-0.3, -0.25) is 9.78 Å². The Morgan fingerprint density at radius 1 is 1.03 bits per heavy atom. The summed E-state index contributed by atoms with van der Waals surface area (Å²) in [4.78, 5) is 15.3. The van der Waals surface area contributed by atoms with E-state index in [1.165, 1.54) is 6.92 Å². The number of nitrogens with zero attached hydrogens (tertiary/aromatic N) is 1. The van der Waals surface area contributed by atoms with E-state index in [2.05, 4.69) is 10.3 Å². The highest BCUT2D eigenvalue weighted by molar-refractivity contribution is 7.92. The van der Waals surface area contributed by atoms with E-state index in [1.807, 2.05) is 13.8 Å². The quantitative estimate of drug-likeness (QED) is 0.230. The van der Waals surface area contributed by atoms with E-state index < -0.39 is 61.5 Å². The largest absolute Gasteiger partial charge is 0.376 e. The molecule has 0 saturated heterocycles. The SMILES string of the molecule is CC.Cc1cc(C(=O)NCO)ncc1C(c1c(F)ccc(F)c1F)S(=O)(=O)c1ccc(F)cc1. The van der Waals surface area contributed by atoms with Gasteiger partial charge < -0.3 is 10.4 Å². The van der Waals surface area contributed by atoms with Gasteiger partial charge >= 0.3 is 0 Å². The van der Waals surface area contributed by atoms with Crippen LogP contribution in [0.2, 0.25) is 0 Å². The molecule has 3 rings (SSSR count). The van der Waals surface area contributed by atoms with E-state index in [0.717, 1.165) is 36.5 Å². The minimum atomic E-state index is -4.65. The lowest BCUT2D eigenvalue weighted by Crippen LogP contribution is -2.26. The summed E-state index contributed by atoms with van der Waals surface area (Å²) in [7, 11) is -4.65. The molecule has 3 aromatic rings. The standard InChI is InChI=1S/C21H16F4N2O4S.C2H6/c1-11-8-17(21(29)27-10-28)26-9-14(11)20(18-15(23)6-7-16(24)19(18)25)32(30,31)13-4-2-12(22)3-5-13;1-2/h2-9,20,28H,10H2,1H3,(H,27,29);1-2H3. The van der Waals surface area contributed by atoms with Crippen molar-refractivity contribution in [1.29, 1.82) is 0 Å². The van der Waals surface area contributed by atoms with Crippen molar-refractivity contribution in [1.82, 2.24) is 10.3 Å². The molecular weight excluding hydrogens is 476 g/mol. The summed E-state index contributed by atoms with van der Waals surface area (Å²) in [5, 5.41) is 8.81. The van der Waals surface area contributed by atoms with Crippen LogP contribution in [0.25, 0.3) is 0 Å². The summed E-state index contributed by atoms with van der Waals surface area (Å²) < 4.78 is 83.5. The van der Waals surface area contributed by atoms with Crippen molar-refractivity contribution in [3.8, 4) is 0 Å².